The zero-order chi connectivity index (χ0) is 14.7. The number of guanidine groups is 1. The van der Waals surface area contributed by atoms with Crippen molar-refractivity contribution in [1.29, 1.82) is 0 Å². The molecule has 19 heavy (non-hydrogen) atoms. The fourth-order valence-corrected chi connectivity index (χ4v) is 2.74. The number of hydrogen-bond donors (Lipinski definition) is 4. The number of oxime groups is 1. The van der Waals surface area contributed by atoms with E-state index in [2.05, 4.69) is 14.5 Å². The van der Waals surface area contributed by atoms with Gasteiger partial charge in [0.15, 0.2) is 0 Å². The number of hydrogen-bond acceptors (Lipinski definition) is 3. The van der Waals surface area contributed by atoms with Crippen LogP contribution >= 0.6 is 0 Å². The molecule has 0 saturated carbocycles. The minimum Gasteiger partial charge on any atom is -0.408 e. The van der Waals surface area contributed by atoms with Crippen molar-refractivity contribution in [1.82, 2.24) is 4.98 Å². The first-order valence-corrected chi connectivity index (χ1v) is 7.28. The van der Waals surface area contributed by atoms with Crippen molar-refractivity contribution in [3.63, 3.8) is 0 Å². The first-order valence-electron chi connectivity index (χ1n) is 4.95. The summed E-state index contributed by atoms with van der Waals surface area (Å²) in [5.41, 5.74) is 4.49. The highest BCUT2D eigenvalue weighted by Crippen LogP contribution is 2.27. The van der Waals surface area contributed by atoms with Crippen LogP contribution in [0, 0.1) is 0 Å². The average Bonchev–Trinajstić information content (AvgIpc) is 2.27. The number of nitrogens with zero attached hydrogens (tertiary/aromatic N) is 3. The summed E-state index contributed by atoms with van der Waals surface area (Å²) in [4.78, 5) is 3.26. The topological polar surface area (TPSA) is 104 Å². The summed E-state index contributed by atoms with van der Waals surface area (Å²) in [5.74, 6) is -0.507. The molecule has 0 aliphatic heterocycles. The molecule has 0 aliphatic carbocycles. The van der Waals surface area contributed by atoms with Gasteiger partial charge in [-0.05, 0) is 23.0 Å². The average molecular weight is 298 g/mol. The fraction of sp³-hybridized carbons (Fsp3) is 0.333. The third-order valence-corrected chi connectivity index (χ3v) is 3.62. The van der Waals surface area contributed by atoms with Crippen LogP contribution in [-0.2, 0) is 22.0 Å². The van der Waals surface area contributed by atoms with Gasteiger partial charge in [0, 0.05) is 11.9 Å². The fourth-order valence-electron chi connectivity index (χ4n) is 1.31. The SMILES string of the molecule is C[SH](O)(Cc1ccc(C(F)(F)F)nc1)=NC(N)=NO. The number of aromatic nitrogens is 1. The predicted molar refractivity (Wildman–Crippen MR) is 66.1 cm³/mol. The van der Waals surface area contributed by atoms with Gasteiger partial charge in [-0.25, -0.2) is 0 Å². The second kappa shape index (κ2) is 5.53. The number of nitrogens with two attached hydrogens (primary N) is 1. The Hall–Kier alpha value is -1.68. The Labute approximate surface area is 108 Å². The molecule has 0 saturated heterocycles. The summed E-state index contributed by atoms with van der Waals surface area (Å²) in [7, 11) is -2.90. The molecule has 108 valence electrons. The molecule has 0 fully saturated rings. The zero-order valence-corrected chi connectivity index (χ0v) is 10.7. The maximum atomic E-state index is 12.3. The molecule has 0 aliphatic rings. The largest absolute Gasteiger partial charge is 0.433 e. The van der Waals surface area contributed by atoms with E-state index in [0.717, 1.165) is 12.3 Å². The van der Waals surface area contributed by atoms with Crippen molar-refractivity contribution >= 4 is 16.1 Å². The third-order valence-electron chi connectivity index (χ3n) is 2.02. The highest BCUT2D eigenvalue weighted by molar-refractivity contribution is 7.98. The quantitative estimate of drug-likeness (QED) is 0.218. The molecule has 1 heterocycles. The van der Waals surface area contributed by atoms with Gasteiger partial charge in [0.2, 0.25) is 0 Å². The van der Waals surface area contributed by atoms with Gasteiger partial charge in [-0.3, -0.25) is 4.98 Å². The van der Waals surface area contributed by atoms with Crippen molar-refractivity contribution in [3.05, 3.63) is 29.6 Å². The van der Waals surface area contributed by atoms with Gasteiger partial charge in [-0.1, -0.05) is 6.07 Å². The van der Waals surface area contributed by atoms with Crippen LogP contribution in [0.4, 0.5) is 13.2 Å². The summed E-state index contributed by atoms with van der Waals surface area (Å²) >= 11 is 0. The standard InChI is InChI=1S/C9H13F3N4O2S/c1-19(18,16-8(13)15-17)5-6-2-3-7(14-4-6)9(10,11)12/h2-4,17,19H,5H2,1H3,(H3,13,15,16,18). The summed E-state index contributed by atoms with van der Waals surface area (Å²) < 4.78 is 50.4. The molecule has 4 N–H and O–H groups in total. The maximum absolute atomic E-state index is 12.3. The van der Waals surface area contributed by atoms with Crippen LogP contribution in [0.2, 0.25) is 0 Å². The summed E-state index contributed by atoms with van der Waals surface area (Å²) in [5, 5.41) is 10.9. The molecule has 0 radical (unpaired) electrons. The Morgan fingerprint density at radius 3 is 2.53 bits per heavy atom. The summed E-state index contributed by atoms with van der Waals surface area (Å²) in [6, 6.07) is 2.02. The molecule has 0 atom stereocenters. The minimum absolute atomic E-state index is 0.0195. The van der Waals surface area contributed by atoms with Gasteiger partial charge in [-0.2, -0.15) is 17.5 Å². The Kier molecular flexibility index (Phi) is 4.48. The highest BCUT2D eigenvalue weighted by atomic mass is 32.3. The molecule has 0 amide bonds. The van der Waals surface area contributed by atoms with E-state index < -0.39 is 27.9 Å². The molecule has 1 rings (SSSR count). The number of pyridine rings is 1. The molecule has 1 aromatic rings. The van der Waals surface area contributed by atoms with E-state index in [0.29, 0.717) is 5.56 Å². The van der Waals surface area contributed by atoms with Gasteiger partial charge >= 0.3 is 6.18 Å². The van der Waals surface area contributed by atoms with Crippen LogP contribution in [0.25, 0.3) is 0 Å². The lowest BCUT2D eigenvalue weighted by molar-refractivity contribution is -0.141. The third kappa shape index (κ3) is 4.83. The number of thiol groups is 1. The van der Waals surface area contributed by atoms with Gasteiger partial charge in [-0.15, -0.1) is 10.1 Å². The molecular formula is C9H13F3N4O2S. The van der Waals surface area contributed by atoms with E-state index >= 15 is 0 Å². The van der Waals surface area contributed by atoms with E-state index in [1.165, 1.54) is 12.3 Å². The molecular weight excluding hydrogens is 285 g/mol. The van der Waals surface area contributed by atoms with Gasteiger partial charge in [0.25, 0.3) is 5.96 Å². The summed E-state index contributed by atoms with van der Waals surface area (Å²) in [6.45, 7) is 0. The Morgan fingerprint density at radius 2 is 2.11 bits per heavy atom. The Bertz CT molecular complexity index is 521. The van der Waals surface area contributed by atoms with Crippen LogP contribution in [-0.4, -0.2) is 27.0 Å². The normalized spacial score (nSPS) is 14.3. The van der Waals surface area contributed by atoms with Crippen molar-refractivity contribution in [2.24, 2.45) is 15.3 Å². The first kappa shape index (κ1) is 15.4. The van der Waals surface area contributed by atoms with Crippen LogP contribution in [0.3, 0.4) is 0 Å². The lowest BCUT2D eigenvalue weighted by atomic mass is 10.3. The number of alkyl halides is 3. The van der Waals surface area contributed by atoms with Crippen LogP contribution in [0.15, 0.2) is 27.8 Å². The first-order chi connectivity index (χ1) is 8.64. The zero-order valence-electron chi connectivity index (χ0n) is 9.83. The second-order valence-electron chi connectivity index (χ2n) is 3.85. The second-order valence-corrected chi connectivity index (χ2v) is 6.55. The predicted octanol–water partition coefficient (Wildman–Crippen LogP) is 1.48. The van der Waals surface area contributed by atoms with Gasteiger partial charge in [0.1, 0.15) is 5.69 Å². The van der Waals surface area contributed by atoms with Crippen LogP contribution in [0.1, 0.15) is 11.3 Å². The molecule has 6 nitrogen and oxygen atoms in total. The minimum atomic E-state index is -4.51. The molecule has 0 unspecified atom stereocenters. The van der Waals surface area contributed by atoms with Gasteiger partial charge in [0.05, 0.1) is 0 Å². The molecule has 10 heteroatoms. The van der Waals surface area contributed by atoms with E-state index in [1.54, 1.807) is 0 Å². The van der Waals surface area contributed by atoms with E-state index in [4.69, 9.17) is 10.9 Å². The Balaban J connectivity index is 2.93. The lowest BCUT2D eigenvalue weighted by Gasteiger charge is -2.17. The molecule has 0 aromatic carbocycles. The van der Waals surface area contributed by atoms with E-state index in [-0.39, 0.29) is 5.75 Å². The van der Waals surface area contributed by atoms with Crippen LogP contribution in [0.5, 0.6) is 0 Å². The van der Waals surface area contributed by atoms with Crippen molar-refractivity contribution in [3.8, 4) is 0 Å². The Morgan fingerprint density at radius 1 is 1.47 bits per heavy atom. The van der Waals surface area contributed by atoms with Crippen molar-refractivity contribution in [2.45, 2.75) is 11.9 Å². The smallest absolute Gasteiger partial charge is 0.408 e. The van der Waals surface area contributed by atoms with E-state index in [9.17, 15) is 17.7 Å². The molecule has 0 spiro atoms. The van der Waals surface area contributed by atoms with Crippen molar-refractivity contribution in [2.75, 3.05) is 6.26 Å². The molecule has 1 aromatic heterocycles. The highest BCUT2D eigenvalue weighted by Gasteiger charge is 2.32. The van der Waals surface area contributed by atoms with Gasteiger partial charge < -0.3 is 15.5 Å². The van der Waals surface area contributed by atoms with E-state index in [1.807, 2.05) is 0 Å². The number of halogens is 3. The lowest BCUT2D eigenvalue weighted by Crippen LogP contribution is -2.18. The number of rotatable bonds is 2. The monoisotopic (exact) mass is 298 g/mol. The van der Waals surface area contributed by atoms with Crippen LogP contribution < -0.4 is 5.73 Å². The maximum Gasteiger partial charge on any atom is 0.433 e. The molecule has 0 bridgehead atoms. The summed E-state index contributed by atoms with van der Waals surface area (Å²) in [6.07, 6.45) is -2.11. The van der Waals surface area contributed by atoms with Crippen molar-refractivity contribution < 1.29 is 22.9 Å².